The van der Waals surface area contributed by atoms with Crippen LogP contribution in [0.15, 0.2) is 22.9 Å². The van der Waals surface area contributed by atoms with Gasteiger partial charge in [-0.3, -0.25) is 4.79 Å². The Morgan fingerprint density at radius 1 is 1.71 bits per heavy atom. The molecule has 0 spiro atoms. The van der Waals surface area contributed by atoms with E-state index >= 15 is 0 Å². The van der Waals surface area contributed by atoms with Crippen molar-refractivity contribution in [1.82, 2.24) is 4.98 Å². The van der Waals surface area contributed by atoms with Crippen LogP contribution in [0.25, 0.3) is 0 Å². The third-order valence-corrected chi connectivity index (χ3v) is 2.44. The van der Waals surface area contributed by atoms with Gasteiger partial charge in [0.2, 0.25) is 0 Å². The summed E-state index contributed by atoms with van der Waals surface area (Å²) in [7, 11) is 0. The third-order valence-electron chi connectivity index (χ3n) is 1.31. The molecule has 1 rings (SSSR count). The van der Waals surface area contributed by atoms with E-state index in [0.29, 0.717) is 5.75 Å². The SMILES string of the molecule is CC(=O)SCC#Cc1ccnc(Br)c1. The summed E-state index contributed by atoms with van der Waals surface area (Å²) in [5.74, 6) is 6.39. The first-order valence-electron chi connectivity index (χ1n) is 3.92. The second-order valence-electron chi connectivity index (χ2n) is 2.45. The molecule has 0 bridgehead atoms. The maximum Gasteiger partial charge on any atom is 0.186 e. The zero-order valence-electron chi connectivity index (χ0n) is 7.58. The molecular formula is C10H8BrNOS. The molecule has 0 atom stereocenters. The van der Waals surface area contributed by atoms with Crippen LogP contribution >= 0.6 is 27.7 Å². The van der Waals surface area contributed by atoms with Gasteiger partial charge < -0.3 is 0 Å². The number of nitrogens with zero attached hydrogens (tertiary/aromatic N) is 1. The zero-order chi connectivity index (χ0) is 10.4. The molecule has 4 heteroatoms. The van der Waals surface area contributed by atoms with Gasteiger partial charge in [-0.05, 0) is 28.1 Å². The molecule has 0 unspecified atom stereocenters. The zero-order valence-corrected chi connectivity index (χ0v) is 9.98. The first kappa shape index (κ1) is 11.3. The minimum Gasteiger partial charge on any atom is -0.288 e. The number of aromatic nitrogens is 1. The highest BCUT2D eigenvalue weighted by Gasteiger charge is 1.90. The lowest BCUT2D eigenvalue weighted by Crippen LogP contribution is -1.83. The van der Waals surface area contributed by atoms with Gasteiger partial charge in [-0.1, -0.05) is 23.6 Å². The largest absolute Gasteiger partial charge is 0.288 e. The van der Waals surface area contributed by atoms with Crippen LogP contribution in [-0.4, -0.2) is 15.9 Å². The maximum atomic E-state index is 10.6. The molecule has 1 heterocycles. The van der Waals surface area contributed by atoms with Gasteiger partial charge in [-0.2, -0.15) is 0 Å². The minimum absolute atomic E-state index is 0.0928. The van der Waals surface area contributed by atoms with Crippen molar-refractivity contribution in [2.24, 2.45) is 0 Å². The molecule has 1 aromatic rings. The Bertz CT molecular complexity index is 395. The highest BCUT2D eigenvalue weighted by Crippen LogP contribution is 2.06. The van der Waals surface area contributed by atoms with Gasteiger partial charge >= 0.3 is 0 Å². The van der Waals surface area contributed by atoms with Crippen molar-refractivity contribution in [3.05, 3.63) is 28.5 Å². The lowest BCUT2D eigenvalue weighted by Gasteiger charge is -1.90. The summed E-state index contributed by atoms with van der Waals surface area (Å²) in [6.07, 6.45) is 1.69. The van der Waals surface area contributed by atoms with E-state index in [2.05, 4.69) is 32.8 Å². The molecule has 0 fully saturated rings. The van der Waals surface area contributed by atoms with E-state index in [0.717, 1.165) is 10.2 Å². The van der Waals surface area contributed by atoms with E-state index in [1.807, 2.05) is 12.1 Å². The van der Waals surface area contributed by atoms with Crippen molar-refractivity contribution >= 4 is 32.8 Å². The first-order valence-corrected chi connectivity index (χ1v) is 5.70. The number of carbonyl (C=O) groups excluding carboxylic acids is 1. The molecule has 0 radical (unpaired) electrons. The Hall–Kier alpha value is -0.790. The maximum absolute atomic E-state index is 10.6. The Balaban J connectivity index is 2.55. The molecule has 0 aliphatic rings. The summed E-state index contributed by atoms with van der Waals surface area (Å²) >= 11 is 4.47. The van der Waals surface area contributed by atoms with Gasteiger partial charge in [0.1, 0.15) is 4.60 Å². The topological polar surface area (TPSA) is 30.0 Å². The van der Waals surface area contributed by atoms with E-state index in [-0.39, 0.29) is 5.12 Å². The summed E-state index contributed by atoms with van der Waals surface area (Å²) in [6, 6.07) is 3.67. The van der Waals surface area contributed by atoms with E-state index in [9.17, 15) is 4.79 Å². The lowest BCUT2D eigenvalue weighted by atomic mass is 10.3. The summed E-state index contributed by atoms with van der Waals surface area (Å²) in [5, 5.41) is 0.0928. The quantitative estimate of drug-likeness (QED) is 0.580. The van der Waals surface area contributed by atoms with Crippen LogP contribution in [0.1, 0.15) is 12.5 Å². The second kappa shape index (κ2) is 5.84. The van der Waals surface area contributed by atoms with Crippen LogP contribution in [-0.2, 0) is 4.79 Å². The molecule has 2 nitrogen and oxygen atoms in total. The molecule has 0 amide bonds. The average molecular weight is 270 g/mol. The van der Waals surface area contributed by atoms with Crippen molar-refractivity contribution in [3.8, 4) is 11.8 Å². The second-order valence-corrected chi connectivity index (χ2v) is 4.41. The predicted octanol–water partition coefficient (Wildman–Crippen LogP) is 2.48. The minimum atomic E-state index is 0.0928. The van der Waals surface area contributed by atoms with E-state index in [1.165, 1.54) is 18.7 Å². The summed E-state index contributed by atoms with van der Waals surface area (Å²) < 4.78 is 0.767. The standard InChI is InChI=1S/C10H8BrNOS/c1-8(13)14-6-2-3-9-4-5-12-10(11)7-9/h4-5,7H,6H2,1H3. The van der Waals surface area contributed by atoms with Crippen LogP contribution in [0.4, 0.5) is 0 Å². The molecule has 0 aromatic carbocycles. The normalized spacial score (nSPS) is 9.00. The van der Waals surface area contributed by atoms with Crippen LogP contribution in [0.5, 0.6) is 0 Å². The fraction of sp³-hybridized carbons (Fsp3) is 0.200. The predicted molar refractivity (Wildman–Crippen MR) is 62.0 cm³/mol. The molecule has 0 aliphatic heterocycles. The highest BCUT2D eigenvalue weighted by molar-refractivity contribution is 9.10. The van der Waals surface area contributed by atoms with Gasteiger partial charge in [0.25, 0.3) is 0 Å². The molecule has 72 valence electrons. The molecule has 0 saturated carbocycles. The average Bonchev–Trinajstić information content (AvgIpc) is 2.12. The van der Waals surface area contributed by atoms with Crippen molar-refractivity contribution < 1.29 is 4.79 Å². The Morgan fingerprint density at radius 3 is 3.14 bits per heavy atom. The van der Waals surface area contributed by atoms with E-state index in [1.54, 1.807) is 6.20 Å². The number of carbonyl (C=O) groups is 1. The first-order chi connectivity index (χ1) is 6.68. The van der Waals surface area contributed by atoms with Crippen LogP contribution in [0, 0.1) is 11.8 Å². The third kappa shape index (κ3) is 4.45. The van der Waals surface area contributed by atoms with Crippen molar-refractivity contribution in [2.45, 2.75) is 6.92 Å². The van der Waals surface area contributed by atoms with Gasteiger partial charge in [-0.25, -0.2) is 4.98 Å². The molecule has 0 saturated heterocycles. The van der Waals surface area contributed by atoms with Gasteiger partial charge in [0.15, 0.2) is 5.12 Å². The van der Waals surface area contributed by atoms with Gasteiger partial charge in [-0.15, -0.1) is 0 Å². The van der Waals surface area contributed by atoms with E-state index in [4.69, 9.17) is 0 Å². The summed E-state index contributed by atoms with van der Waals surface area (Å²) in [5.41, 5.74) is 0.899. The smallest absolute Gasteiger partial charge is 0.186 e. The van der Waals surface area contributed by atoms with Crippen molar-refractivity contribution in [3.63, 3.8) is 0 Å². The van der Waals surface area contributed by atoms with Crippen LogP contribution in [0.2, 0.25) is 0 Å². The van der Waals surface area contributed by atoms with Gasteiger partial charge in [0, 0.05) is 18.7 Å². The fourth-order valence-electron chi connectivity index (χ4n) is 0.756. The number of hydrogen-bond donors (Lipinski definition) is 0. The fourth-order valence-corrected chi connectivity index (χ4v) is 1.47. The molecule has 1 aromatic heterocycles. The van der Waals surface area contributed by atoms with Gasteiger partial charge in [0.05, 0.1) is 5.75 Å². The number of rotatable bonds is 1. The number of thioether (sulfide) groups is 1. The Kier molecular flexibility index (Phi) is 4.71. The summed E-state index contributed by atoms with van der Waals surface area (Å²) in [4.78, 5) is 14.6. The number of pyridine rings is 1. The Morgan fingerprint density at radius 2 is 2.50 bits per heavy atom. The molecule has 14 heavy (non-hydrogen) atoms. The monoisotopic (exact) mass is 269 g/mol. The molecule has 0 aliphatic carbocycles. The lowest BCUT2D eigenvalue weighted by molar-refractivity contribution is -0.109. The van der Waals surface area contributed by atoms with Crippen molar-refractivity contribution in [1.29, 1.82) is 0 Å². The summed E-state index contributed by atoms with van der Waals surface area (Å²) in [6.45, 7) is 1.54. The van der Waals surface area contributed by atoms with E-state index < -0.39 is 0 Å². The van der Waals surface area contributed by atoms with Crippen molar-refractivity contribution in [2.75, 3.05) is 5.75 Å². The number of hydrogen-bond acceptors (Lipinski definition) is 3. The molecular weight excluding hydrogens is 262 g/mol. The highest BCUT2D eigenvalue weighted by atomic mass is 79.9. The van der Waals surface area contributed by atoms with Crippen LogP contribution in [0.3, 0.4) is 0 Å². The molecule has 0 N–H and O–H groups in total. The number of halogens is 1. The Labute approximate surface area is 95.6 Å². The van der Waals surface area contributed by atoms with Crippen LogP contribution < -0.4 is 0 Å².